The van der Waals surface area contributed by atoms with Crippen molar-refractivity contribution < 1.29 is 9.53 Å². The van der Waals surface area contributed by atoms with Crippen LogP contribution in [0.5, 0.6) is 5.75 Å². The van der Waals surface area contributed by atoms with Crippen LogP contribution in [0.25, 0.3) is 0 Å². The third-order valence-electron chi connectivity index (χ3n) is 2.97. The lowest BCUT2D eigenvalue weighted by Gasteiger charge is -2.08. The molecule has 1 heterocycles. The van der Waals surface area contributed by atoms with E-state index in [0.717, 1.165) is 24.2 Å². The number of benzene rings is 1. The van der Waals surface area contributed by atoms with E-state index in [1.807, 2.05) is 12.1 Å². The van der Waals surface area contributed by atoms with Crippen LogP contribution in [-0.4, -0.2) is 12.4 Å². The van der Waals surface area contributed by atoms with Crippen LogP contribution in [0.4, 0.5) is 0 Å². The van der Waals surface area contributed by atoms with Crippen LogP contribution < -0.4 is 4.74 Å². The lowest BCUT2D eigenvalue weighted by Crippen LogP contribution is -1.99. The molecule has 2 nitrogen and oxygen atoms in total. The van der Waals surface area contributed by atoms with Crippen LogP contribution in [0, 0.1) is 0 Å². The molecule has 1 aliphatic rings. The number of hydrogen-bond donors (Lipinski definition) is 0. The normalized spacial score (nSPS) is 15.2. The van der Waals surface area contributed by atoms with E-state index in [-0.39, 0.29) is 5.78 Å². The third-order valence-corrected chi connectivity index (χ3v) is 2.97. The van der Waals surface area contributed by atoms with E-state index in [1.165, 1.54) is 18.4 Å². The van der Waals surface area contributed by atoms with E-state index in [0.29, 0.717) is 13.0 Å². The Hall–Kier alpha value is -1.31. The zero-order valence-corrected chi connectivity index (χ0v) is 9.79. The van der Waals surface area contributed by atoms with Crippen molar-refractivity contribution in [3.05, 3.63) is 29.3 Å². The van der Waals surface area contributed by atoms with Gasteiger partial charge in [-0.1, -0.05) is 19.4 Å². The maximum Gasteiger partial charge on any atom is 0.166 e. The van der Waals surface area contributed by atoms with Gasteiger partial charge in [0.1, 0.15) is 5.75 Å². The molecule has 2 heteroatoms. The van der Waals surface area contributed by atoms with Crippen molar-refractivity contribution >= 4 is 5.78 Å². The number of Topliss-reactive ketones (excluding diaryl/α,β-unsaturated/α-hetero) is 1. The summed E-state index contributed by atoms with van der Waals surface area (Å²) in [7, 11) is 0. The van der Waals surface area contributed by atoms with Gasteiger partial charge in [0.25, 0.3) is 0 Å². The standard InChI is InChI=1S/C14H18O2/c1-2-3-5-11-7-8-14-12(10-11)13(15)6-4-9-16-14/h7-8,10H,2-6,9H2,1H3. The van der Waals surface area contributed by atoms with Gasteiger partial charge in [-0.05, 0) is 37.0 Å². The fourth-order valence-corrected chi connectivity index (χ4v) is 2.01. The SMILES string of the molecule is CCCCc1ccc2c(c1)C(=O)CCCO2. The van der Waals surface area contributed by atoms with Crippen LogP contribution in [-0.2, 0) is 6.42 Å². The summed E-state index contributed by atoms with van der Waals surface area (Å²) in [5.74, 6) is 0.994. The van der Waals surface area contributed by atoms with E-state index >= 15 is 0 Å². The Labute approximate surface area is 96.6 Å². The first kappa shape index (κ1) is 11.2. The smallest absolute Gasteiger partial charge is 0.166 e. The minimum atomic E-state index is 0.228. The second kappa shape index (κ2) is 5.15. The second-order valence-electron chi connectivity index (χ2n) is 4.31. The van der Waals surface area contributed by atoms with Gasteiger partial charge in [-0.25, -0.2) is 0 Å². The molecule has 86 valence electrons. The summed E-state index contributed by atoms with van der Waals surface area (Å²) in [6.45, 7) is 2.84. The zero-order chi connectivity index (χ0) is 11.4. The number of aryl methyl sites for hydroxylation is 1. The van der Waals surface area contributed by atoms with Crippen molar-refractivity contribution in [3.63, 3.8) is 0 Å². The van der Waals surface area contributed by atoms with Crippen LogP contribution in [0.3, 0.4) is 0 Å². The Kier molecular flexibility index (Phi) is 3.60. The average molecular weight is 218 g/mol. The molecule has 1 aliphatic heterocycles. The molecule has 0 spiro atoms. The second-order valence-corrected chi connectivity index (χ2v) is 4.31. The van der Waals surface area contributed by atoms with E-state index in [2.05, 4.69) is 13.0 Å². The molecule has 0 saturated carbocycles. The third kappa shape index (κ3) is 2.43. The van der Waals surface area contributed by atoms with Gasteiger partial charge in [0, 0.05) is 6.42 Å². The van der Waals surface area contributed by atoms with E-state index in [9.17, 15) is 4.79 Å². The summed E-state index contributed by atoms with van der Waals surface area (Å²) in [5, 5.41) is 0. The fourth-order valence-electron chi connectivity index (χ4n) is 2.01. The summed E-state index contributed by atoms with van der Waals surface area (Å²) in [6.07, 6.45) is 4.86. The highest BCUT2D eigenvalue weighted by Gasteiger charge is 2.16. The highest BCUT2D eigenvalue weighted by molar-refractivity contribution is 5.99. The predicted molar refractivity (Wildman–Crippen MR) is 64.1 cm³/mol. The van der Waals surface area contributed by atoms with Gasteiger partial charge in [-0.3, -0.25) is 4.79 Å². The Morgan fingerprint density at radius 1 is 1.38 bits per heavy atom. The first-order chi connectivity index (χ1) is 7.81. The van der Waals surface area contributed by atoms with Gasteiger partial charge in [0.15, 0.2) is 5.78 Å². The molecule has 0 bridgehead atoms. The largest absolute Gasteiger partial charge is 0.493 e. The molecule has 0 aromatic heterocycles. The summed E-state index contributed by atoms with van der Waals surface area (Å²) in [4.78, 5) is 11.9. The summed E-state index contributed by atoms with van der Waals surface area (Å²) >= 11 is 0. The van der Waals surface area contributed by atoms with Crippen molar-refractivity contribution in [2.24, 2.45) is 0 Å². The molecule has 0 fully saturated rings. The van der Waals surface area contributed by atoms with Gasteiger partial charge in [0.05, 0.1) is 12.2 Å². The molecule has 0 saturated heterocycles. The van der Waals surface area contributed by atoms with Crippen LogP contribution in [0.15, 0.2) is 18.2 Å². The highest BCUT2D eigenvalue weighted by Crippen LogP contribution is 2.25. The highest BCUT2D eigenvalue weighted by atomic mass is 16.5. The molecule has 0 aliphatic carbocycles. The molecule has 1 aromatic rings. The van der Waals surface area contributed by atoms with Crippen molar-refractivity contribution in [2.75, 3.05) is 6.61 Å². The number of carbonyl (C=O) groups is 1. The van der Waals surface area contributed by atoms with Gasteiger partial charge in [0.2, 0.25) is 0 Å². The van der Waals surface area contributed by atoms with Crippen molar-refractivity contribution in [1.29, 1.82) is 0 Å². The number of unbranched alkanes of at least 4 members (excludes halogenated alkanes) is 1. The van der Waals surface area contributed by atoms with Crippen LogP contribution in [0.1, 0.15) is 48.5 Å². The quantitative estimate of drug-likeness (QED) is 0.777. The van der Waals surface area contributed by atoms with Crippen molar-refractivity contribution in [3.8, 4) is 5.75 Å². The van der Waals surface area contributed by atoms with E-state index < -0.39 is 0 Å². The predicted octanol–water partition coefficient (Wildman–Crippen LogP) is 3.38. The molecule has 0 N–H and O–H groups in total. The summed E-state index contributed by atoms with van der Waals surface area (Å²) in [5.41, 5.74) is 2.03. The zero-order valence-electron chi connectivity index (χ0n) is 9.79. The molecular weight excluding hydrogens is 200 g/mol. The first-order valence-corrected chi connectivity index (χ1v) is 6.10. The average Bonchev–Trinajstić information content (AvgIpc) is 2.49. The minimum absolute atomic E-state index is 0.228. The van der Waals surface area contributed by atoms with E-state index in [4.69, 9.17) is 4.74 Å². The fraction of sp³-hybridized carbons (Fsp3) is 0.500. The monoisotopic (exact) mass is 218 g/mol. The van der Waals surface area contributed by atoms with Crippen LogP contribution in [0.2, 0.25) is 0 Å². The number of rotatable bonds is 3. The molecule has 0 amide bonds. The van der Waals surface area contributed by atoms with Crippen LogP contribution >= 0.6 is 0 Å². The molecule has 0 unspecified atom stereocenters. The summed E-state index contributed by atoms with van der Waals surface area (Å²) < 4.78 is 5.56. The molecule has 0 radical (unpaired) electrons. The molecule has 2 rings (SSSR count). The van der Waals surface area contributed by atoms with Crippen molar-refractivity contribution in [1.82, 2.24) is 0 Å². The Balaban J connectivity index is 2.24. The molecule has 1 aromatic carbocycles. The maximum absolute atomic E-state index is 11.9. The number of carbonyl (C=O) groups excluding carboxylic acids is 1. The number of ether oxygens (including phenoxy) is 1. The Bertz CT molecular complexity index is 382. The van der Waals surface area contributed by atoms with E-state index in [1.54, 1.807) is 0 Å². The summed E-state index contributed by atoms with van der Waals surface area (Å²) in [6, 6.07) is 6.04. The molecular formula is C14H18O2. The van der Waals surface area contributed by atoms with Gasteiger partial charge in [-0.15, -0.1) is 0 Å². The van der Waals surface area contributed by atoms with Gasteiger partial charge < -0.3 is 4.74 Å². The van der Waals surface area contributed by atoms with Crippen molar-refractivity contribution in [2.45, 2.75) is 39.0 Å². The minimum Gasteiger partial charge on any atom is -0.493 e. The topological polar surface area (TPSA) is 26.3 Å². The number of ketones is 1. The number of hydrogen-bond acceptors (Lipinski definition) is 2. The Morgan fingerprint density at radius 2 is 2.25 bits per heavy atom. The lowest BCUT2D eigenvalue weighted by atomic mass is 10.0. The van der Waals surface area contributed by atoms with Gasteiger partial charge in [-0.2, -0.15) is 0 Å². The molecule has 16 heavy (non-hydrogen) atoms. The van der Waals surface area contributed by atoms with Gasteiger partial charge >= 0.3 is 0 Å². The maximum atomic E-state index is 11.9. The number of fused-ring (bicyclic) bond motifs is 1. The lowest BCUT2D eigenvalue weighted by molar-refractivity contribution is 0.0983. The molecule has 0 atom stereocenters. The first-order valence-electron chi connectivity index (χ1n) is 6.10. The Morgan fingerprint density at radius 3 is 3.06 bits per heavy atom.